The smallest absolute Gasteiger partial charge is 0.412 e. The molecule has 4 heteroatoms. The Bertz CT molecular complexity index is 451. The molecule has 0 heterocycles. The van der Waals surface area contributed by atoms with E-state index in [1.165, 1.54) is 0 Å². The average molecular weight is 247 g/mol. The van der Waals surface area contributed by atoms with Gasteiger partial charge in [0.05, 0.1) is 6.61 Å². The van der Waals surface area contributed by atoms with Gasteiger partial charge < -0.3 is 9.47 Å². The van der Waals surface area contributed by atoms with Crippen LogP contribution in [0.4, 0.5) is 10.5 Å². The van der Waals surface area contributed by atoms with Gasteiger partial charge in [0.2, 0.25) is 0 Å². The van der Waals surface area contributed by atoms with Gasteiger partial charge in [-0.25, -0.2) is 4.79 Å². The van der Waals surface area contributed by atoms with Crippen LogP contribution in [0.2, 0.25) is 0 Å². The van der Waals surface area contributed by atoms with Gasteiger partial charge >= 0.3 is 6.09 Å². The molecule has 0 fully saturated rings. The highest BCUT2D eigenvalue weighted by Gasteiger charge is 2.08. The summed E-state index contributed by atoms with van der Waals surface area (Å²) < 4.78 is 10.3. The summed E-state index contributed by atoms with van der Waals surface area (Å²) in [4.78, 5) is 11.3. The molecule has 0 saturated carbocycles. The van der Waals surface area contributed by atoms with E-state index in [-0.39, 0.29) is 6.61 Å². The van der Waals surface area contributed by atoms with Crippen LogP contribution in [-0.4, -0.2) is 19.3 Å². The van der Waals surface area contributed by atoms with Gasteiger partial charge in [0.1, 0.15) is 5.75 Å². The van der Waals surface area contributed by atoms with Crippen molar-refractivity contribution in [1.29, 1.82) is 0 Å². The first-order valence-corrected chi connectivity index (χ1v) is 5.69. The van der Waals surface area contributed by atoms with Crippen LogP contribution in [0.15, 0.2) is 12.1 Å². The van der Waals surface area contributed by atoms with Gasteiger partial charge in [0.25, 0.3) is 0 Å². The summed E-state index contributed by atoms with van der Waals surface area (Å²) in [6, 6.07) is 3.66. The number of hydrogen-bond donors (Lipinski definition) is 1. The first-order chi connectivity index (χ1) is 8.58. The minimum Gasteiger partial charge on any atom is -0.493 e. The van der Waals surface area contributed by atoms with E-state index in [0.717, 1.165) is 16.9 Å². The van der Waals surface area contributed by atoms with Crippen molar-refractivity contribution in [3.63, 3.8) is 0 Å². The fourth-order valence-electron chi connectivity index (χ4n) is 1.66. The second-order valence-electron chi connectivity index (χ2n) is 3.78. The lowest BCUT2D eigenvalue weighted by Crippen LogP contribution is -2.14. The minimum atomic E-state index is -0.559. The number of hydrogen-bond acceptors (Lipinski definition) is 3. The molecule has 4 nitrogen and oxygen atoms in total. The van der Waals surface area contributed by atoms with Gasteiger partial charge in [-0.2, -0.15) is 0 Å². The third-order valence-corrected chi connectivity index (χ3v) is 2.28. The Morgan fingerprint density at radius 1 is 1.39 bits per heavy atom. The first kappa shape index (κ1) is 13.9. The zero-order valence-corrected chi connectivity index (χ0v) is 10.9. The summed E-state index contributed by atoms with van der Waals surface area (Å²) in [5.74, 6) is 3.08. The molecule has 0 aliphatic carbocycles. The Kier molecular flexibility index (Phi) is 5.06. The maximum absolute atomic E-state index is 11.3. The van der Waals surface area contributed by atoms with Crippen LogP contribution in [0.1, 0.15) is 18.1 Å². The van der Waals surface area contributed by atoms with Gasteiger partial charge in [-0.3, -0.25) is 5.32 Å². The van der Waals surface area contributed by atoms with Crippen LogP contribution in [0.25, 0.3) is 0 Å². The fourth-order valence-corrected chi connectivity index (χ4v) is 1.66. The number of anilines is 1. The number of nitrogens with one attached hydrogen (secondary N) is 1. The number of amides is 1. The van der Waals surface area contributed by atoms with E-state index in [9.17, 15) is 4.79 Å². The Hall–Kier alpha value is -2.15. The molecule has 0 bridgehead atoms. The molecule has 0 spiro atoms. The zero-order valence-electron chi connectivity index (χ0n) is 10.9. The van der Waals surface area contributed by atoms with Gasteiger partial charge in [0.15, 0.2) is 6.61 Å². The molecule has 0 unspecified atom stereocenters. The monoisotopic (exact) mass is 247 g/mol. The third kappa shape index (κ3) is 3.70. The number of benzene rings is 1. The molecule has 1 amide bonds. The average Bonchev–Trinajstić information content (AvgIpc) is 2.31. The molecule has 1 N–H and O–H groups in total. The standard InChI is InChI=1S/C14H17NO3/c1-5-7-18-14(16)15-12-8-10(3)13(17-6-2)11(4)9-12/h1,8-9H,6-7H2,2-4H3,(H,15,16). The normalized spacial score (nSPS) is 9.44. The van der Waals surface area contributed by atoms with Gasteiger partial charge in [0, 0.05) is 5.69 Å². The quantitative estimate of drug-likeness (QED) is 0.832. The van der Waals surface area contributed by atoms with Crippen LogP contribution < -0.4 is 10.1 Å². The number of terminal acetylenes is 1. The second-order valence-corrected chi connectivity index (χ2v) is 3.78. The largest absolute Gasteiger partial charge is 0.493 e. The Labute approximate surface area is 107 Å². The molecule has 96 valence electrons. The maximum Gasteiger partial charge on any atom is 0.412 e. The van der Waals surface area contributed by atoms with E-state index in [1.807, 2.05) is 32.9 Å². The van der Waals surface area contributed by atoms with Crippen molar-refractivity contribution in [2.45, 2.75) is 20.8 Å². The summed E-state index contributed by atoms with van der Waals surface area (Å²) in [6.07, 6.45) is 4.44. The lowest BCUT2D eigenvalue weighted by atomic mass is 10.1. The van der Waals surface area contributed by atoms with Crippen molar-refractivity contribution < 1.29 is 14.3 Å². The minimum absolute atomic E-state index is 0.0408. The van der Waals surface area contributed by atoms with Crippen molar-refractivity contribution in [2.24, 2.45) is 0 Å². The van der Waals surface area contributed by atoms with Gasteiger partial charge in [-0.05, 0) is 44.0 Å². The molecule has 0 aliphatic rings. The third-order valence-electron chi connectivity index (χ3n) is 2.28. The number of carbonyl (C=O) groups excluding carboxylic acids is 1. The summed E-state index contributed by atoms with van der Waals surface area (Å²) >= 11 is 0. The van der Waals surface area contributed by atoms with E-state index < -0.39 is 6.09 Å². The molecule has 0 aromatic heterocycles. The predicted octanol–water partition coefficient (Wildman–Crippen LogP) is 2.88. The molecule has 0 aliphatic heterocycles. The van der Waals surface area contributed by atoms with Crippen LogP contribution in [0.3, 0.4) is 0 Å². The molecular weight excluding hydrogens is 230 g/mol. The van der Waals surface area contributed by atoms with E-state index in [4.69, 9.17) is 15.9 Å². The summed E-state index contributed by atoms with van der Waals surface area (Å²) in [6.45, 7) is 6.35. The zero-order chi connectivity index (χ0) is 13.5. The van der Waals surface area contributed by atoms with E-state index in [0.29, 0.717) is 12.3 Å². The topological polar surface area (TPSA) is 47.6 Å². The second kappa shape index (κ2) is 6.55. The lowest BCUT2D eigenvalue weighted by molar-refractivity contribution is 0.176. The van der Waals surface area contributed by atoms with E-state index in [2.05, 4.69) is 11.2 Å². The van der Waals surface area contributed by atoms with Crippen molar-refractivity contribution >= 4 is 11.8 Å². The maximum atomic E-state index is 11.3. The molecule has 0 saturated heterocycles. The molecule has 0 atom stereocenters. The molecule has 1 aromatic rings. The van der Waals surface area contributed by atoms with E-state index in [1.54, 1.807) is 0 Å². The molecule has 1 aromatic carbocycles. The lowest BCUT2D eigenvalue weighted by Gasteiger charge is -2.13. The van der Waals surface area contributed by atoms with Crippen molar-refractivity contribution in [1.82, 2.24) is 0 Å². The molecule has 0 radical (unpaired) electrons. The number of ether oxygens (including phenoxy) is 2. The van der Waals surface area contributed by atoms with Crippen LogP contribution in [0, 0.1) is 26.2 Å². The number of rotatable bonds is 4. The van der Waals surface area contributed by atoms with Crippen molar-refractivity contribution in [3.8, 4) is 18.1 Å². The highest BCUT2D eigenvalue weighted by atomic mass is 16.5. The SMILES string of the molecule is C#CCOC(=O)Nc1cc(C)c(OCC)c(C)c1. The Morgan fingerprint density at radius 2 is 2.00 bits per heavy atom. The molecular formula is C14H17NO3. The van der Waals surface area contributed by atoms with Crippen LogP contribution in [0.5, 0.6) is 5.75 Å². The van der Waals surface area contributed by atoms with Crippen LogP contribution >= 0.6 is 0 Å². The number of aryl methyl sites for hydroxylation is 2. The summed E-state index contributed by atoms with van der Waals surface area (Å²) in [5.41, 5.74) is 2.59. The fraction of sp³-hybridized carbons (Fsp3) is 0.357. The Balaban J connectivity index is 2.80. The summed E-state index contributed by atoms with van der Waals surface area (Å²) in [7, 11) is 0. The summed E-state index contributed by atoms with van der Waals surface area (Å²) in [5, 5.41) is 2.62. The predicted molar refractivity (Wildman–Crippen MR) is 70.9 cm³/mol. The molecule has 18 heavy (non-hydrogen) atoms. The van der Waals surface area contributed by atoms with Gasteiger partial charge in [-0.1, -0.05) is 5.92 Å². The highest BCUT2D eigenvalue weighted by molar-refractivity contribution is 5.85. The van der Waals surface area contributed by atoms with Crippen molar-refractivity contribution in [3.05, 3.63) is 23.3 Å². The van der Waals surface area contributed by atoms with Crippen LogP contribution in [-0.2, 0) is 4.74 Å². The van der Waals surface area contributed by atoms with Crippen molar-refractivity contribution in [2.75, 3.05) is 18.5 Å². The first-order valence-electron chi connectivity index (χ1n) is 5.69. The van der Waals surface area contributed by atoms with Gasteiger partial charge in [-0.15, -0.1) is 6.42 Å². The Morgan fingerprint density at radius 3 is 2.50 bits per heavy atom. The number of carbonyl (C=O) groups is 1. The van der Waals surface area contributed by atoms with E-state index >= 15 is 0 Å². The highest BCUT2D eigenvalue weighted by Crippen LogP contribution is 2.27. The molecule has 1 rings (SSSR count).